The topological polar surface area (TPSA) is 204 Å². The Morgan fingerprint density at radius 3 is 2.35 bits per heavy atom. The highest BCUT2D eigenvalue weighted by Crippen LogP contribution is 2.42. The number of nitrogen functional groups attached to an aromatic ring is 1. The second kappa shape index (κ2) is 11.3. The molecule has 34 heavy (non-hydrogen) atoms. The molecule has 0 bridgehead atoms. The molecule has 3 rings (SSSR count). The van der Waals surface area contributed by atoms with Crippen LogP contribution in [0.25, 0.3) is 0 Å². The van der Waals surface area contributed by atoms with E-state index in [0.717, 1.165) is 5.56 Å². The smallest absolute Gasteiger partial charge is 0.461 e. The van der Waals surface area contributed by atoms with Gasteiger partial charge in [-0.3, -0.25) is 4.52 Å². The first-order valence-electron chi connectivity index (χ1n) is 10.3. The number of anilines is 1. The molecule has 0 amide bonds. The maximum absolute atomic E-state index is 12.8. The number of carbonyl (C=O) groups excluding carboxylic acids is 1. The molecule has 1 fully saturated rings. The van der Waals surface area contributed by atoms with Gasteiger partial charge in [-0.25, -0.2) is 9.36 Å². The van der Waals surface area contributed by atoms with Gasteiger partial charge in [-0.1, -0.05) is 24.3 Å². The number of aliphatic hydroxyl groups is 2. The third-order valence-corrected chi connectivity index (χ3v) is 5.61. The second-order valence-corrected chi connectivity index (χ2v) is 8.73. The maximum Gasteiger partial charge on any atom is 0.470 e. The van der Waals surface area contributed by atoms with E-state index in [0.29, 0.717) is 13.0 Å². The summed E-state index contributed by atoms with van der Waals surface area (Å²) in [5, 5.41) is 20.2. The Morgan fingerprint density at radius 2 is 1.76 bits per heavy atom. The summed E-state index contributed by atoms with van der Waals surface area (Å²) in [6, 6.07) is 12.7. The zero-order chi connectivity index (χ0) is 24.9. The van der Waals surface area contributed by atoms with Crippen molar-refractivity contribution in [2.45, 2.75) is 37.1 Å². The molecule has 12 nitrogen and oxygen atoms in total. The summed E-state index contributed by atoms with van der Waals surface area (Å²) in [7, 11) is -5.17. The predicted octanol–water partition coefficient (Wildman–Crippen LogP) is -0.0696. The maximum atomic E-state index is 12.8. The van der Waals surface area contributed by atoms with Crippen molar-refractivity contribution >= 4 is 19.5 Å². The number of hydrogen-bond donors (Lipinski definition) is 6. The molecule has 2 aromatic rings. The molecule has 1 aliphatic rings. The van der Waals surface area contributed by atoms with E-state index in [2.05, 4.69) is 0 Å². The van der Waals surface area contributed by atoms with Crippen LogP contribution in [-0.4, -0.2) is 69.8 Å². The van der Waals surface area contributed by atoms with E-state index in [1.54, 1.807) is 36.4 Å². The monoisotopic (exact) mass is 498 g/mol. The lowest BCUT2D eigenvalue weighted by Crippen LogP contribution is -2.62. The fraction of sp³-hybridized carbons (Fsp3) is 0.381. The summed E-state index contributed by atoms with van der Waals surface area (Å²) in [5.41, 5.74) is 12.4. The Kier molecular flexibility index (Phi) is 8.63. The fourth-order valence-corrected chi connectivity index (χ4v) is 4.01. The molecule has 8 N–H and O–H groups in total. The highest BCUT2D eigenvalue weighted by molar-refractivity contribution is 7.46. The Balaban J connectivity index is 1.93. The van der Waals surface area contributed by atoms with E-state index in [-0.39, 0.29) is 17.0 Å². The average Bonchev–Trinajstić information content (AvgIpc) is 2.78. The van der Waals surface area contributed by atoms with Gasteiger partial charge < -0.3 is 45.7 Å². The Morgan fingerprint density at radius 1 is 1.09 bits per heavy atom. The third kappa shape index (κ3) is 6.53. The predicted molar refractivity (Wildman–Crippen MR) is 119 cm³/mol. The standard InChI is InChI=1S/C21H27N2O10P/c22-10-9-12-5-7-13(8-6-12)30-21-19(32-20(26)14-3-1-2-4-15(14)23)18(33-34(27,28)29)17(25)16(11-24)31-21/h1-8,16-19,21,24-25H,9-11,22-23H2,(H2,27,28,29)/t16-,17-,18+,19-,21-/m1/s1. The first-order valence-corrected chi connectivity index (χ1v) is 11.9. The first kappa shape index (κ1) is 26.1. The molecule has 1 aliphatic heterocycles. The van der Waals surface area contributed by atoms with Crippen LogP contribution in [0.15, 0.2) is 48.5 Å². The lowest BCUT2D eigenvalue weighted by atomic mass is 9.99. The van der Waals surface area contributed by atoms with E-state index < -0.39 is 51.1 Å². The minimum atomic E-state index is -5.17. The minimum Gasteiger partial charge on any atom is -0.461 e. The van der Waals surface area contributed by atoms with Gasteiger partial charge in [0, 0.05) is 5.69 Å². The van der Waals surface area contributed by atoms with E-state index in [4.69, 9.17) is 30.2 Å². The molecule has 13 heteroatoms. The zero-order valence-electron chi connectivity index (χ0n) is 18.0. The van der Waals surface area contributed by atoms with Crippen LogP contribution >= 0.6 is 7.82 Å². The number of carbonyl (C=O) groups is 1. The number of rotatable bonds is 9. The zero-order valence-corrected chi connectivity index (χ0v) is 18.9. The van der Waals surface area contributed by atoms with Gasteiger partial charge in [0.2, 0.25) is 6.29 Å². The van der Waals surface area contributed by atoms with E-state index in [9.17, 15) is 29.4 Å². The molecule has 0 unspecified atom stereocenters. The van der Waals surface area contributed by atoms with Gasteiger partial charge >= 0.3 is 13.8 Å². The van der Waals surface area contributed by atoms with Gasteiger partial charge in [-0.15, -0.1) is 0 Å². The van der Waals surface area contributed by atoms with Gasteiger partial charge in [0.25, 0.3) is 0 Å². The van der Waals surface area contributed by atoms with Crippen LogP contribution in [0.3, 0.4) is 0 Å². The highest BCUT2D eigenvalue weighted by Gasteiger charge is 2.51. The van der Waals surface area contributed by atoms with Crippen molar-refractivity contribution in [1.29, 1.82) is 0 Å². The largest absolute Gasteiger partial charge is 0.470 e. The molecule has 2 aromatic carbocycles. The number of ether oxygens (including phenoxy) is 3. The second-order valence-electron chi connectivity index (χ2n) is 7.53. The fourth-order valence-electron chi connectivity index (χ4n) is 3.45. The molecule has 0 spiro atoms. The number of aliphatic hydroxyl groups excluding tert-OH is 2. The van der Waals surface area contributed by atoms with Gasteiger partial charge in [0.05, 0.1) is 12.2 Å². The van der Waals surface area contributed by atoms with Crippen LogP contribution in [0.1, 0.15) is 15.9 Å². The quantitative estimate of drug-likeness (QED) is 0.153. The van der Waals surface area contributed by atoms with Crippen molar-refractivity contribution in [3.05, 3.63) is 59.7 Å². The number of hydrogen-bond acceptors (Lipinski definition) is 10. The van der Waals surface area contributed by atoms with Crippen LogP contribution in [0, 0.1) is 0 Å². The normalized spacial score (nSPS) is 25.0. The molecule has 5 atom stereocenters. The number of nitrogens with two attached hydrogens (primary N) is 2. The summed E-state index contributed by atoms with van der Waals surface area (Å²) in [6.45, 7) is -0.284. The number of phosphoric acid groups is 1. The average molecular weight is 498 g/mol. The van der Waals surface area contributed by atoms with Crippen molar-refractivity contribution in [2.75, 3.05) is 18.9 Å². The summed E-state index contributed by atoms with van der Waals surface area (Å²) in [6.07, 6.45) is -7.45. The number of esters is 1. The Bertz CT molecular complexity index is 1010. The lowest BCUT2D eigenvalue weighted by molar-refractivity contribution is -0.273. The number of para-hydroxylation sites is 1. The van der Waals surface area contributed by atoms with Crippen LogP contribution in [0.4, 0.5) is 5.69 Å². The number of phosphoric ester groups is 1. The summed E-state index contributed by atoms with van der Waals surface area (Å²) < 4.78 is 33.1. The molecular weight excluding hydrogens is 471 g/mol. The highest BCUT2D eigenvalue weighted by atomic mass is 31.2. The van der Waals surface area contributed by atoms with Gasteiger partial charge in [0.15, 0.2) is 6.10 Å². The molecular formula is C21H27N2O10P. The lowest BCUT2D eigenvalue weighted by Gasteiger charge is -2.42. The van der Waals surface area contributed by atoms with Crippen LogP contribution in [-0.2, 0) is 25.0 Å². The first-order chi connectivity index (χ1) is 16.1. The summed E-state index contributed by atoms with van der Waals surface area (Å²) >= 11 is 0. The summed E-state index contributed by atoms with van der Waals surface area (Å²) in [4.78, 5) is 31.6. The SMILES string of the molecule is NCCc1ccc(O[C@@H]2O[C@H](CO)[C@@H](O)[C@H](OP(=O)(O)O)[C@H]2OC(=O)c2ccccc2N)cc1. The Hall–Kier alpha value is -2.54. The van der Waals surface area contributed by atoms with Crippen LogP contribution in [0.2, 0.25) is 0 Å². The van der Waals surface area contributed by atoms with Crippen LogP contribution in [0.5, 0.6) is 5.75 Å². The van der Waals surface area contributed by atoms with Gasteiger partial charge in [-0.05, 0) is 42.8 Å². The molecule has 0 saturated carbocycles. The van der Waals surface area contributed by atoms with E-state index in [1.807, 2.05) is 0 Å². The van der Waals surface area contributed by atoms with Crippen LogP contribution < -0.4 is 16.2 Å². The van der Waals surface area contributed by atoms with Gasteiger partial charge in [0.1, 0.15) is 24.1 Å². The van der Waals surface area contributed by atoms with Crippen molar-refractivity contribution in [1.82, 2.24) is 0 Å². The summed E-state index contributed by atoms with van der Waals surface area (Å²) in [5.74, 6) is -0.707. The third-order valence-electron chi connectivity index (χ3n) is 5.09. The molecule has 0 aromatic heterocycles. The minimum absolute atomic E-state index is 0.0268. The van der Waals surface area contributed by atoms with Crippen molar-refractivity contribution in [2.24, 2.45) is 5.73 Å². The molecule has 186 valence electrons. The Labute approximate surface area is 195 Å². The molecule has 0 radical (unpaired) electrons. The molecule has 0 aliphatic carbocycles. The molecule has 1 heterocycles. The van der Waals surface area contributed by atoms with Crippen molar-refractivity contribution < 1.29 is 48.1 Å². The molecule has 1 saturated heterocycles. The van der Waals surface area contributed by atoms with E-state index in [1.165, 1.54) is 12.1 Å². The van der Waals surface area contributed by atoms with E-state index >= 15 is 0 Å². The number of benzene rings is 2. The van der Waals surface area contributed by atoms with Crippen molar-refractivity contribution in [3.63, 3.8) is 0 Å². The van der Waals surface area contributed by atoms with Gasteiger partial charge in [-0.2, -0.15) is 0 Å². The van der Waals surface area contributed by atoms with Crippen molar-refractivity contribution in [3.8, 4) is 5.75 Å².